The highest BCUT2D eigenvalue weighted by molar-refractivity contribution is 5.23. The smallest absolute Gasteiger partial charge is 0.0639 e. The normalized spacial score (nSPS) is 25.8. The standard InChI is InChI=1S/C16H28N4O/c1-12-15(13(2)19-18-12)9-20-8-14(10-21-3)16(11-20)4-6-17-7-5-16/h14,17H,4-11H2,1-3H3,(H,18,19). The van der Waals surface area contributed by atoms with E-state index in [2.05, 4.69) is 34.3 Å². The second-order valence-electron chi connectivity index (χ2n) is 6.85. The molecule has 0 aromatic carbocycles. The molecule has 21 heavy (non-hydrogen) atoms. The Kier molecular flexibility index (Phi) is 4.33. The third-order valence-electron chi connectivity index (χ3n) is 5.51. The molecule has 2 saturated heterocycles. The third kappa shape index (κ3) is 2.87. The lowest BCUT2D eigenvalue weighted by atomic mass is 9.71. The number of methoxy groups -OCH3 is 1. The Labute approximate surface area is 127 Å². The molecular weight excluding hydrogens is 264 g/mol. The number of H-pyrrole nitrogens is 1. The number of nitrogens with zero attached hydrogens (tertiary/aromatic N) is 2. The zero-order chi connectivity index (χ0) is 14.9. The van der Waals surface area contributed by atoms with E-state index < -0.39 is 0 Å². The van der Waals surface area contributed by atoms with Gasteiger partial charge in [-0.1, -0.05) is 0 Å². The van der Waals surface area contributed by atoms with Crippen molar-refractivity contribution in [3.63, 3.8) is 0 Å². The lowest BCUT2D eigenvalue weighted by Gasteiger charge is -2.38. The molecule has 0 bridgehead atoms. The van der Waals surface area contributed by atoms with Gasteiger partial charge in [0.1, 0.15) is 0 Å². The minimum Gasteiger partial charge on any atom is -0.384 e. The van der Waals surface area contributed by atoms with Crippen molar-refractivity contribution in [3.05, 3.63) is 17.0 Å². The maximum atomic E-state index is 5.52. The Morgan fingerprint density at radius 2 is 2.10 bits per heavy atom. The maximum Gasteiger partial charge on any atom is 0.0639 e. The molecule has 2 aliphatic rings. The Balaban J connectivity index is 1.73. The van der Waals surface area contributed by atoms with Crippen molar-refractivity contribution < 1.29 is 4.74 Å². The predicted molar refractivity (Wildman–Crippen MR) is 83.2 cm³/mol. The molecule has 3 heterocycles. The van der Waals surface area contributed by atoms with E-state index in [0.717, 1.165) is 38.5 Å². The number of aromatic nitrogens is 2. The molecule has 0 radical (unpaired) electrons. The van der Waals surface area contributed by atoms with Gasteiger partial charge in [0, 0.05) is 43.9 Å². The van der Waals surface area contributed by atoms with Crippen molar-refractivity contribution in [2.45, 2.75) is 33.2 Å². The molecule has 0 aliphatic carbocycles. The van der Waals surface area contributed by atoms with Crippen LogP contribution in [0.4, 0.5) is 0 Å². The van der Waals surface area contributed by atoms with Gasteiger partial charge in [0.05, 0.1) is 12.3 Å². The first kappa shape index (κ1) is 15.0. The van der Waals surface area contributed by atoms with Gasteiger partial charge in [-0.15, -0.1) is 0 Å². The summed E-state index contributed by atoms with van der Waals surface area (Å²) in [5.41, 5.74) is 4.17. The third-order valence-corrected chi connectivity index (χ3v) is 5.51. The summed E-state index contributed by atoms with van der Waals surface area (Å²) in [6.45, 7) is 10.8. The van der Waals surface area contributed by atoms with E-state index in [9.17, 15) is 0 Å². The van der Waals surface area contributed by atoms with Crippen LogP contribution in [0.25, 0.3) is 0 Å². The molecule has 2 N–H and O–H groups in total. The number of hydrogen-bond donors (Lipinski definition) is 2. The highest BCUT2D eigenvalue weighted by Crippen LogP contribution is 2.44. The average Bonchev–Trinajstić information content (AvgIpc) is 2.96. The second kappa shape index (κ2) is 6.07. The van der Waals surface area contributed by atoms with Crippen LogP contribution in [0.15, 0.2) is 0 Å². The van der Waals surface area contributed by atoms with Crippen LogP contribution in [0.2, 0.25) is 0 Å². The number of likely N-dealkylation sites (tertiary alicyclic amines) is 1. The van der Waals surface area contributed by atoms with Crippen LogP contribution in [-0.4, -0.2) is 55.0 Å². The molecule has 2 aliphatic heterocycles. The fourth-order valence-corrected chi connectivity index (χ4v) is 4.22. The molecule has 2 fully saturated rings. The quantitative estimate of drug-likeness (QED) is 0.882. The van der Waals surface area contributed by atoms with Crippen LogP contribution >= 0.6 is 0 Å². The van der Waals surface area contributed by atoms with E-state index >= 15 is 0 Å². The highest BCUT2D eigenvalue weighted by atomic mass is 16.5. The number of aryl methyl sites for hydroxylation is 2. The van der Waals surface area contributed by atoms with Gasteiger partial charge in [0.25, 0.3) is 0 Å². The molecule has 5 heteroatoms. The zero-order valence-electron chi connectivity index (χ0n) is 13.5. The van der Waals surface area contributed by atoms with Gasteiger partial charge >= 0.3 is 0 Å². The van der Waals surface area contributed by atoms with Crippen molar-refractivity contribution in [1.29, 1.82) is 0 Å². The topological polar surface area (TPSA) is 53.2 Å². The molecule has 1 aromatic heterocycles. The molecule has 1 atom stereocenters. The highest BCUT2D eigenvalue weighted by Gasteiger charge is 2.46. The van der Waals surface area contributed by atoms with Crippen molar-refractivity contribution in [1.82, 2.24) is 20.4 Å². The van der Waals surface area contributed by atoms with Crippen LogP contribution in [0, 0.1) is 25.2 Å². The summed E-state index contributed by atoms with van der Waals surface area (Å²) in [4.78, 5) is 2.61. The van der Waals surface area contributed by atoms with Crippen molar-refractivity contribution in [2.24, 2.45) is 11.3 Å². The summed E-state index contributed by atoms with van der Waals surface area (Å²) >= 11 is 0. The van der Waals surface area contributed by atoms with Crippen LogP contribution in [0.3, 0.4) is 0 Å². The largest absolute Gasteiger partial charge is 0.384 e. The van der Waals surface area contributed by atoms with Crippen molar-refractivity contribution in [3.8, 4) is 0 Å². The second-order valence-corrected chi connectivity index (χ2v) is 6.85. The number of hydrogen-bond acceptors (Lipinski definition) is 4. The lowest BCUT2D eigenvalue weighted by molar-refractivity contribution is 0.0716. The molecule has 118 valence electrons. The Morgan fingerprint density at radius 1 is 1.33 bits per heavy atom. The van der Waals surface area contributed by atoms with Gasteiger partial charge < -0.3 is 10.1 Å². The van der Waals surface area contributed by atoms with E-state index in [0.29, 0.717) is 11.3 Å². The molecule has 1 unspecified atom stereocenters. The first-order valence-corrected chi connectivity index (χ1v) is 8.07. The predicted octanol–water partition coefficient (Wildman–Crippen LogP) is 1.47. The van der Waals surface area contributed by atoms with Gasteiger partial charge in [-0.25, -0.2) is 0 Å². The molecule has 1 aromatic rings. The van der Waals surface area contributed by atoms with Gasteiger partial charge in [-0.2, -0.15) is 5.10 Å². The zero-order valence-corrected chi connectivity index (χ0v) is 13.5. The summed E-state index contributed by atoms with van der Waals surface area (Å²) < 4.78 is 5.52. The Bertz CT molecular complexity index is 459. The molecule has 1 spiro atoms. The van der Waals surface area contributed by atoms with Gasteiger partial charge in [0.2, 0.25) is 0 Å². The average molecular weight is 292 g/mol. The number of aromatic amines is 1. The minimum absolute atomic E-state index is 0.451. The first-order chi connectivity index (χ1) is 10.1. The molecule has 5 nitrogen and oxygen atoms in total. The van der Waals surface area contributed by atoms with Gasteiger partial charge in [0.15, 0.2) is 0 Å². The van der Waals surface area contributed by atoms with Crippen molar-refractivity contribution >= 4 is 0 Å². The first-order valence-electron chi connectivity index (χ1n) is 8.07. The summed E-state index contributed by atoms with van der Waals surface area (Å²) in [5, 5.41) is 10.9. The number of nitrogens with one attached hydrogen (secondary N) is 2. The fraction of sp³-hybridized carbons (Fsp3) is 0.812. The maximum absolute atomic E-state index is 5.52. The van der Waals surface area contributed by atoms with Gasteiger partial charge in [-0.05, 0) is 45.2 Å². The van der Waals surface area contributed by atoms with E-state index in [4.69, 9.17) is 4.74 Å². The molecular formula is C16H28N4O. The van der Waals surface area contributed by atoms with Crippen molar-refractivity contribution in [2.75, 3.05) is 39.9 Å². The van der Waals surface area contributed by atoms with Crippen LogP contribution in [0.1, 0.15) is 29.8 Å². The lowest BCUT2D eigenvalue weighted by Crippen LogP contribution is -2.43. The Hall–Kier alpha value is -0.910. The van der Waals surface area contributed by atoms with Crippen LogP contribution < -0.4 is 5.32 Å². The van der Waals surface area contributed by atoms with Crippen LogP contribution in [-0.2, 0) is 11.3 Å². The number of rotatable bonds is 4. The number of ether oxygens (including phenoxy) is 1. The minimum atomic E-state index is 0.451. The summed E-state index contributed by atoms with van der Waals surface area (Å²) in [6, 6.07) is 0. The monoisotopic (exact) mass is 292 g/mol. The van der Waals surface area contributed by atoms with E-state index in [1.54, 1.807) is 0 Å². The van der Waals surface area contributed by atoms with E-state index in [1.807, 2.05) is 7.11 Å². The molecule has 0 amide bonds. The van der Waals surface area contributed by atoms with Gasteiger partial charge in [-0.3, -0.25) is 10.00 Å². The van der Waals surface area contributed by atoms with E-state index in [-0.39, 0.29) is 0 Å². The Morgan fingerprint density at radius 3 is 2.71 bits per heavy atom. The summed E-state index contributed by atoms with van der Waals surface area (Å²) in [5.74, 6) is 0.664. The fourth-order valence-electron chi connectivity index (χ4n) is 4.22. The summed E-state index contributed by atoms with van der Waals surface area (Å²) in [7, 11) is 1.84. The molecule has 0 saturated carbocycles. The molecule has 3 rings (SSSR count). The number of piperidine rings is 1. The summed E-state index contributed by atoms with van der Waals surface area (Å²) in [6.07, 6.45) is 2.56. The van der Waals surface area contributed by atoms with E-state index in [1.165, 1.54) is 30.6 Å². The van der Waals surface area contributed by atoms with Crippen LogP contribution in [0.5, 0.6) is 0 Å². The SMILES string of the molecule is COCC1CN(Cc2c(C)n[nH]c2C)CC12CCNCC2.